The maximum Gasteiger partial charge on any atom is 0.472 e. The van der Waals surface area contributed by atoms with Crippen molar-refractivity contribution in [3.05, 3.63) is 122 Å². The molecule has 408 valence electrons. The summed E-state index contributed by atoms with van der Waals surface area (Å²) in [5.41, 5.74) is 0. The number of hydrogen-bond donors (Lipinski definition) is 2. The normalized spacial score (nSPS) is 14.3. The number of rotatable bonds is 49. The summed E-state index contributed by atoms with van der Waals surface area (Å²) < 4.78 is 39.3. The van der Waals surface area contributed by atoms with E-state index in [0.29, 0.717) is 25.7 Å². The van der Waals surface area contributed by atoms with Gasteiger partial charge in [0, 0.05) is 19.3 Å². The van der Waals surface area contributed by atoms with Gasteiger partial charge < -0.3 is 24.2 Å². The second-order valence-corrected chi connectivity index (χ2v) is 19.1. The molecule has 11 nitrogen and oxygen atoms in total. The number of aliphatic hydroxyl groups excluding tert-OH is 1. The van der Waals surface area contributed by atoms with Crippen molar-refractivity contribution < 1.29 is 52.2 Å². The van der Waals surface area contributed by atoms with Crippen molar-refractivity contribution in [1.82, 2.24) is 0 Å². The van der Waals surface area contributed by atoms with Gasteiger partial charge in [0.1, 0.15) is 12.7 Å². The number of ether oxygens (including phenoxy) is 3. The van der Waals surface area contributed by atoms with E-state index >= 15 is 0 Å². The number of carbonyl (C=O) groups excluding carboxylic acids is 3. The lowest BCUT2D eigenvalue weighted by molar-refractivity contribution is -0.161. The quantitative estimate of drug-likeness (QED) is 0.0197. The summed E-state index contributed by atoms with van der Waals surface area (Å²) in [4.78, 5) is 48.4. The van der Waals surface area contributed by atoms with Crippen molar-refractivity contribution in [1.29, 1.82) is 0 Å². The van der Waals surface area contributed by atoms with E-state index in [1.807, 2.05) is 12.2 Å². The SMILES string of the molecule is CC/C=C\C/C=C\C/C=C\C/C=C\C/C=C\CCCC(=O)OC(COC(=O)CCCCC/C=C\C/C=C\C/C=C\CC)COP(=O)(O)OCC(CO)OC(=O)CCCCCCC/C=C\C/C=C\CCCCC. The highest BCUT2D eigenvalue weighted by molar-refractivity contribution is 7.47. The fraction of sp³-hybridized carbons (Fsp3) is 0.617. The second kappa shape index (κ2) is 53.2. The molecule has 2 N–H and O–H groups in total. The average molecular weight is 1030 g/mol. The van der Waals surface area contributed by atoms with Gasteiger partial charge in [-0.05, 0) is 122 Å². The standard InChI is InChI=1S/C60H97O11P/c1-4-7-10-13-16-19-22-25-27-28-30-33-36-39-42-45-48-51-60(64)71-57(53-67-58(62)49-46-43-40-37-34-31-24-21-18-15-12-9-6-3)55-69-72(65,66)68-54-56(52-61)70-59(63)50-47-44-41-38-35-32-29-26-23-20-17-14-11-8-5-2/h7,9-10,12,16-21,25-27,29-31,33-34,39,42,56-57,61H,4-6,8,11,13-15,22-24,28,32,35-38,40-41,43-55H2,1-3H3,(H,65,66)/b10-7-,12-9-,19-16-,20-17-,21-18-,27-25-,29-26-,33-30-,34-31-,42-39-. The van der Waals surface area contributed by atoms with Crippen molar-refractivity contribution in [2.24, 2.45) is 0 Å². The first kappa shape index (κ1) is 67.9. The maximum absolute atomic E-state index is 12.9. The highest BCUT2D eigenvalue weighted by atomic mass is 31.2. The van der Waals surface area contributed by atoms with E-state index in [2.05, 4.69) is 130 Å². The van der Waals surface area contributed by atoms with Crippen molar-refractivity contribution in [3.8, 4) is 0 Å². The van der Waals surface area contributed by atoms with Crippen LogP contribution in [0.5, 0.6) is 0 Å². The molecule has 0 aromatic heterocycles. The van der Waals surface area contributed by atoms with Gasteiger partial charge in [0.25, 0.3) is 0 Å². The van der Waals surface area contributed by atoms with E-state index in [9.17, 15) is 28.9 Å². The van der Waals surface area contributed by atoms with Gasteiger partial charge in [0.15, 0.2) is 6.10 Å². The second-order valence-electron chi connectivity index (χ2n) is 17.6. The molecule has 0 amide bonds. The Hall–Kier alpha value is -4.12. The number of phosphoric acid groups is 1. The molecular weight excluding hydrogens is 928 g/mol. The van der Waals surface area contributed by atoms with Gasteiger partial charge in [-0.15, -0.1) is 0 Å². The molecule has 0 aromatic carbocycles. The van der Waals surface area contributed by atoms with Crippen LogP contribution in [0.2, 0.25) is 0 Å². The summed E-state index contributed by atoms with van der Waals surface area (Å²) >= 11 is 0. The molecule has 0 saturated carbocycles. The molecule has 0 rings (SSSR count). The molecule has 72 heavy (non-hydrogen) atoms. The lowest BCUT2D eigenvalue weighted by atomic mass is 10.1. The maximum atomic E-state index is 12.9. The number of carbonyl (C=O) groups is 3. The molecule has 0 heterocycles. The minimum absolute atomic E-state index is 0.0752. The zero-order valence-electron chi connectivity index (χ0n) is 44.8. The lowest BCUT2D eigenvalue weighted by Crippen LogP contribution is -2.30. The first-order chi connectivity index (χ1) is 35.2. The number of aliphatic hydroxyl groups is 1. The molecule has 0 aliphatic heterocycles. The number of hydrogen-bond acceptors (Lipinski definition) is 10. The van der Waals surface area contributed by atoms with Gasteiger partial charge in [-0.3, -0.25) is 23.4 Å². The fourth-order valence-corrected chi connectivity index (χ4v) is 7.51. The largest absolute Gasteiger partial charge is 0.472 e. The minimum atomic E-state index is -4.78. The minimum Gasteiger partial charge on any atom is -0.462 e. The van der Waals surface area contributed by atoms with Crippen molar-refractivity contribution in [3.63, 3.8) is 0 Å². The number of unbranched alkanes of at least 4 members (excludes halogenated alkanes) is 12. The van der Waals surface area contributed by atoms with E-state index in [1.165, 1.54) is 19.3 Å². The summed E-state index contributed by atoms with van der Waals surface area (Å²) in [6.07, 6.45) is 64.6. The van der Waals surface area contributed by atoms with Gasteiger partial charge in [0.05, 0.1) is 19.8 Å². The summed E-state index contributed by atoms with van der Waals surface area (Å²) in [5, 5.41) is 9.80. The summed E-state index contributed by atoms with van der Waals surface area (Å²) in [6.45, 7) is 4.25. The predicted molar refractivity (Wildman–Crippen MR) is 297 cm³/mol. The Labute approximate surface area is 437 Å². The molecule has 3 unspecified atom stereocenters. The van der Waals surface area contributed by atoms with Gasteiger partial charge in [-0.2, -0.15) is 0 Å². The first-order valence-corrected chi connectivity index (χ1v) is 28.9. The van der Waals surface area contributed by atoms with Crippen molar-refractivity contribution in [2.45, 2.75) is 213 Å². The first-order valence-electron chi connectivity index (χ1n) is 27.4. The summed E-state index contributed by atoms with van der Waals surface area (Å²) in [6, 6.07) is 0. The molecule has 0 aliphatic carbocycles. The van der Waals surface area contributed by atoms with Crippen LogP contribution in [0, 0.1) is 0 Å². The van der Waals surface area contributed by atoms with E-state index in [1.54, 1.807) is 0 Å². The highest BCUT2D eigenvalue weighted by Crippen LogP contribution is 2.43. The Morgan fingerprint density at radius 1 is 0.403 bits per heavy atom. The molecule has 0 spiro atoms. The number of phosphoric ester groups is 1. The zero-order chi connectivity index (χ0) is 52.7. The molecule has 12 heteroatoms. The highest BCUT2D eigenvalue weighted by Gasteiger charge is 2.28. The van der Waals surface area contributed by atoms with Gasteiger partial charge in [0.2, 0.25) is 0 Å². The molecule has 0 saturated heterocycles. The van der Waals surface area contributed by atoms with Crippen LogP contribution in [-0.2, 0) is 42.2 Å². The van der Waals surface area contributed by atoms with E-state index in [0.717, 1.165) is 116 Å². The van der Waals surface area contributed by atoms with E-state index < -0.39 is 57.8 Å². The Morgan fingerprint density at radius 2 is 0.736 bits per heavy atom. The zero-order valence-corrected chi connectivity index (χ0v) is 45.7. The third-order valence-electron chi connectivity index (χ3n) is 10.8. The van der Waals surface area contributed by atoms with Crippen molar-refractivity contribution in [2.75, 3.05) is 26.4 Å². The third-order valence-corrected chi connectivity index (χ3v) is 11.8. The molecule has 0 bridgehead atoms. The molecular formula is C60H97O11P. The van der Waals surface area contributed by atoms with Crippen LogP contribution in [0.4, 0.5) is 0 Å². The van der Waals surface area contributed by atoms with Crippen LogP contribution >= 0.6 is 7.82 Å². The summed E-state index contributed by atoms with van der Waals surface area (Å²) in [5.74, 6) is -1.60. The number of esters is 3. The van der Waals surface area contributed by atoms with Crippen LogP contribution in [0.1, 0.15) is 201 Å². The summed E-state index contributed by atoms with van der Waals surface area (Å²) in [7, 11) is -4.78. The Kier molecular flexibility index (Phi) is 50.1. The Bertz CT molecular complexity index is 1670. The van der Waals surface area contributed by atoms with Gasteiger partial charge >= 0.3 is 25.7 Å². The van der Waals surface area contributed by atoms with Crippen LogP contribution in [0.15, 0.2) is 122 Å². The van der Waals surface area contributed by atoms with Crippen LogP contribution in [0.25, 0.3) is 0 Å². The smallest absolute Gasteiger partial charge is 0.462 e. The molecule has 0 radical (unpaired) electrons. The topological polar surface area (TPSA) is 155 Å². The van der Waals surface area contributed by atoms with E-state index in [4.69, 9.17) is 23.3 Å². The Morgan fingerprint density at radius 3 is 1.18 bits per heavy atom. The van der Waals surface area contributed by atoms with Crippen LogP contribution in [-0.4, -0.2) is 66.5 Å². The molecule has 3 atom stereocenters. The molecule has 0 aliphatic rings. The van der Waals surface area contributed by atoms with Crippen molar-refractivity contribution >= 4 is 25.7 Å². The third kappa shape index (κ3) is 50.8. The lowest BCUT2D eigenvalue weighted by Gasteiger charge is -2.21. The molecule has 0 fully saturated rings. The average Bonchev–Trinajstić information content (AvgIpc) is 3.37. The molecule has 0 aromatic rings. The van der Waals surface area contributed by atoms with Gasteiger partial charge in [-0.25, -0.2) is 4.57 Å². The van der Waals surface area contributed by atoms with Crippen LogP contribution < -0.4 is 0 Å². The fourth-order valence-electron chi connectivity index (χ4n) is 6.73. The Balaban J connectivity index is 4.87. The van der Waals surface area contributed by atoms with E-state index in [-0.39, 0.29) is 25.9 Å². The van der Waals surface area contributed by atoms with Crippen LogP contribution in [0.3, 0.4) is 0 Å². The predicted octanol–water partition coefficient (Wildman–Crippen LogP) is 16.0. The monoisotopic (exact) mass is 1020 g/mol. The van der Waals surface area contributed by atoms with Gasteiger partial charge in [-0.1, -0.05) is 181 Å². The number of allylic oxidation sites excluding steroid dienone is 20.